The Hall–Kier alpha value is -3.60. The van der Waals surface area contributed by atoms with Crippen molar-refractivity contribution in [3.05, 3.63) is 52.0 Å². The molecule has 3 heterocycles. The number of imidazole rings is 1. The van der Waals surface area contributed by atoms with E-state index in [1.807, 2.05) is 4.57 Å². The van der Waals surface area contributed by atoms with Crippen LogP contribution in [0.3, 0.4) is 0 Å². The molecule has 6 rings (SSSR count). The van der Waals surface area contributed by atoms with E-state index in [2.05, 4.69) is 34.3 Å². The van der Waals surface area contributed by atoms with Crippen LogP contribution in [-0.2, 0) is 12.1 Å². The van der Waals surface area contributed by atoms with Gasteiger partial charge in [-0.2, -0.15) is 0 Å². The molecule has 2 fully saturated rings. The van der Waals surface area contributed by atoms with Gasteiger partial charge in [0.2, 0.25) is 11.6 Å². The molecule has 40 heavy (non-hydrogen) atoms. The molecule has 2 unspecified atom stereocenters. The Kier molecular flexibility index (Phi) is 6.93. The molecule has 1 aromatic carbocycles. The van der Waals surface area contributed by atoms with E-state index in [0.29, 0.717) is 52.7 Å². The summed E-state index contributed by atoms with van der Waals surface area (Å²) in [7, 11) is 0. The molecule has 2 aliphatic carbocycles. The minimum Gasteiger partial charge on any atom is -0.377 e. The lowest BCUT2D eigenvalue weighted by Crippen LogP contribution is -2.32. The van der Waals surface area contributed by atoms with Gasteiger partial charge in [-0.1, -0.05) is 43.5 Å². The molecule has 0 bridgehead atoms. The van der Waals surface area contributed by atoms with E-state index in [1.165, 1.54) is 18.6 Å². The number of anilines is 1. The first-order chi connectivity index (χ1) is 19.2. The lowest BCUT2D eigenvalue weighted by molar-refractivity contribution is 0.0862. The predicted molar refractivity (Wildman–Crippen MR) is 148 cm³/mol. The maximum atomic E-state index is 14.3. The number of benzene rings is 1. The van der Waals surface area contributed by atoms with Crippen molar-refractivity contribution in [1.29, 1.82) is 0 Å². The summed E-state index contributed by atoms with van der Waals surface area (Å²) < 4.78 is 21.0. The molecule has 11 heteroatoms. The van der Waals surface area contributed by atoms with Crippen molar-refractivity contribution in [3.8, 4) is 11.6 Å². The van der Waals surface area contributed by atoms with Crippen molar-refractivity contribution < 1.29 is 14.0 Å². The molecule has 3 aromatic heterocycles. The summed E-state index contributed by atoms with van der Waals surface area (Å²) in [5.74, 6) is 1.65. The Morgan fingerprint density at radius 3 is 2.62 bits per heavy atom. The zero-order chi connectivity index (χ0) is 28.0. The Morgan fingerprint density at radius 1 is 1.20 bits per heavy atom. The highest BCUT2D eigenvalue weighted by molar-refractivity contribution is 5.86. The van der Waals surface area contributed by atoms with Gasteiger partial charge in [-0.25, -0.2) is 24.1 Å². The third-order valence-corrected chi connectivity index (χ3v) is 8.87. The molecule has 2 atom stereocenters. The number of H-pyrrole nitrogens is 1. The molecular weight excluding hydrogens is 513 g/mol. The SMILES string of the molecule is CC1CCC(Cn2c(C(C)(O)c3cccc(F)c3)nc3nc(-c4noc(=O)[nH]4)nc(NC(C)C4CCC4)c32)CC1. The monoisotopic (exact) mass is 549 g/mol. The van der Waals surface area contributed by atoms with E-state index >= 15 is 0 Å². The fourth-order valence-corrected chi connectivity index (χ4v) is 6.08. The van der Waals surface area contributed by atoms with Gasteiger partial charge in [-0.3, -0.25) is 9.51 Å². The number of aliphatic hydroxyl groups is 1. The highest BCUT2D eigenvalue weighted by Crippen LogP contribution is 2.38. The van der Waals surface area contributed by atoms with Crippen LogP contribution < -0.4 is 11.1 Å². The maximum absolute atomic E-state index is 14.3. The average Bonchev–Trinajstić information content (AvgIpc) is 3.48. The largest absolute Gasteiger partial charge is 0.439 e. The Labute approximate surface area is 231 Å². The van der Waals surface area contributed by atoms with Crippen LogP contribution in [0.25, 0.3) is 22.8 Å². The standard InChI is InChI=1S/C29H36FN7O3/c1-16-10-12-18(13-11-16)15-37-22-23(31-17(2)19-6-4-7-19)32-25(26-35-28(38)40-36-26)33-24(22)34-27(37)29(3,39)20-8-5-9-21(30)14-20/h5,8-9,14,16-19,39H,4,6-7,10-13,15H2,1-3H3,(H,31,32,33)(H,35,36,38). The summed E-state index contributed by atoms with van der Waals surface area (Å²) in [5, 5.41) is 19.3. The zero-order valence-corrected chi connectivity index (χ0v) is 23.2. The summed E-state index contributed by atoms with van der Waals surface area (Å²) in [6, 6.07) is 6.11. The second kappa shape index (κ2) is 10.4. The van der Waals surface area contributed by atoms with Crippen molar-refractivity contribution in [3.63, 3.8) is 0 Å². The number of halogens is 1. The summed E-state index contributed by atoms with van der Waals surface area (Å²) in [6.45, 7) is 6.69. The molecule has 0 aliphatic heterocycles. The summed E-state index contributed by atoms with van der Waals surface area (Å²) >= 11 is 0. The first-order valence-corrected chi connectivity index (χ1v) is 14.3. The highest BCUT2D eigenvalue weighted by atomic mass is 19.1. The van der Waals surface area contributed by atoms with E-state index < -0.39 is 17.2 Å². The second-order valence-corrected chi connectivity index (χ2v) is 11.9. The van der Waals surface area contributed by atoms with Crippen molar-refractivity contribution in [2.75, 3.05) is 5.32 Å². The van der Waals surface area contributed by atoms with Gasteiger partial charge in [-0.05, 0) is 75.0 Å². The number of hydrogen-bond donors (Lipinski definition) is 3. The molecule has 0 amide bonds. The lowest BCUT2D eigenvalue weighted by atomic mass is 9.80. The number of nitrogens with one attached hydrogen (secondary N) is 2. The summed E-state index contributed by atoms with van der Waals surface area (Å²) in [6.07, 6.45) is 7.94. The van der Waals surface area contributed by atoms with Gasteiger partial charge in [0.1, 0.15) is 22.8 Å². The van der Waals surface area contributed by atoms with Gasteiger partial charge in [-0.15, -0.1) is 0 Å². The fraction of sp³-hybridized carbons (Fsp3) is 0.552. The van der Waals surface area contributed by atoms with Gasteiger partial charge in [0.05, 0.1) is 0 Å². The molecule has 212 valence electrons. The number of rotatable bonds is 8. The van der Waals surface area contributed by atoms with E-state index in [9.17, 15) is 14.3 Å². The summed E-state index contributed by atoms with van der Waals surface area (Å²) in [5.41, 5.74) is -0.184. The molecule has 2 saturated carbocycles. The molecule has 2 aliphatic rings. The van der Waals surface area contributed by atoms with Crippen molar-refractivity contribution in [1.82, 2.24) is 29.7 Å². The van der Waals surface area contributed by atoms with Crippen LogP contribution in [0.4, 0.5) is 10.2 Å². The quantitative estimate of drug-likeness (QED) is 0.280. The first kappa shape index (κ1) is 26.6. The van der Waals surface area contributed by atoms with Crippen LogP contribution in [0.1, 0.15) is 77.1 Å². The van der Waals surface area contributed by atoms with Crippen LogP contribution >= 0.6 is 0 Å². The van der Waals surface area contributed by atoms with Crippen LogP contribution in [0.15, 0.2) is 33.6 Å². The Bertz CT molecular complexity index is 1560. The van der Waals surface area contributed by atoms with Crippen molar-refractivity contribution >= 4 is 17.0 Å². The smallest absolute Gasteiger partial charge is 0.377 e. The normalized spacial score (nSPS) is 22.1. The second-order valence-electron chi connectivity index (χ2n) is 11.9. The van der Waals surface area contributed by atoms with Crippen LogP contribution in [0.2, 0.25) is 0 Å². The van der Waals surface area contributed by atoms with Gasteiger partial charge in [0, 0.05) is 12.6 Å². The van der Waals surface area contributed by atoms with E-state index in [4.69, 9.17) is 14.5 Å². The van der Waals surface area contributed by atoms with Crippen LogP contribution in [0.5, 0.6) is 0 Å². The fourth-order valence-electron chi connectivity index (χ4n) is 6.08. The highest BCUT2D eigenvalue weighted by Gasteiger charge is 2.36. The van der Waals surface area contributed by atoms with Crippen LogP contribution in [-0.4, -0.2) is 40.8 Å². The number of fused-ring (bicyclic) bond motifs is 1. The number of hydrogen-bond acceptors (Lipinski definition) is 8. The minimum atomic E-state index is -1.61. The minimum absolute atomic E-state index is 0.0977. The molecule has 0 spiro atoms. The molecular formula is C29H36FN7O3. The molecule has 3 N–H and O–H groups in total. The topological polar surface area (TPSA) is 135 Å². The molecule has 0 saturated heterocycles. The number of aromatic amines is 1. The van der Waals surface area contributed by atoms with Gasteiger partial charge in [0.25, 0.3) is 0 Å². The average molecular weight is 550 g/mol. The van der Waals surface area contributed by atoms with Gasteiger partial charge < -0.3 is 15.0 Å². The molecule has 10 nitrogen and oxygen atoms in total. The first-order valence-electron chi connectivity index (χ1n) is 14.3. The third-order valence-electron chi connectivity index (χ3n) is 8.87. The van der Waals surface area contributed by atoms with Gasteiger partial charge >= 0.3 is 5.76 Å². The lowest BCUT2D eigenvalue weighted by Gasteiger charge is -2.33. The van der Waals surface area contributed by atoms with Crippen molar-refractivity contribution in [2.45, 2.75) is 83.9 Å². The predicted octanol–water partition coefficient (Wildman–Crippen LogP) is 4.99. The molecule has 4 aromatic rings. The number of nitrogens with zero attached hydrogens (tertiary/aromatic N) is 5. The van der Waals surface area contributed by atoms with Crippen molar-refractivity contribution in [2.24, 2.45) is 17.8 Å². The Balaban J connectivity index is 1.54. The maximum Gasteiger partial charge on any atom is 0.439 e. The van der Waals surface area contributed by atoms with Crippen LogP contribution in [0, 0.1) is 23.6 Å². The third kappa shape index (κ3) is 5.02. The molecule has 0 radical (unpaired) electrons. The summed E-state index contributed by atoms with van der Waals surface area (Å²) in [4.78, 5) is 28.5. The Morgan fingerprint density at radius 2 is 1.98 bits per heavy atom. The van der Waals surface area contributed by atoms with Gasteiger partial charge in [0.15, 0.2) is 11.5 Å². The number of aromatic nitrogens is 6. The zero-order valence-electron chi connectivity index (χ0n) is 23.2. The van der Waals surface area contributed by atoms with E-state index in [-0.39, 0.29) is 17.7 Å². The van der Waals surface area contributed by atoms with E-state index in [1.54, 1.807) is 19.1 Å². The van der Waals surface area contributed by atoms with E-state index in [0.717, 1.165) is 38.5 Å².